The van der Waals surface area contributed by atoms with Crippen LogP contribution < -0.4 is 0 Å². The second-order valence-electron chi connectivity index (χ2n) is 5.60. The molecule has 0 radical (unpaired) electrons. The quantitative estimate of drug-likeness (QED) is 0.562. The summed E-state index contributed by atoms with van der Waals surface area (Å²) in [6.45, 7) is 0. The third kappa shape index (κ3) is 3.18. The molecule has 0 N–H and O–H groups in total. The van der Waals surface area contributed by atoms with Crippen molar-refractivity contribution in [3.63, 3.8) is 0 Å². The Kier molecular flexibility index (Phi) is 4.07. The number of rotatable bonds is 4. The Morgan fingerprint density at radius 1 is 1.08 bits per heavy atom. The van der Waals surface area contributed by atoms with Crippen LogP contribution in [0.15, 0.2) is 53.9 Å². The van der Waals surface area contributed by atoms with E-state index in [-0.39, 0.29) is 5.82 Å². The van der Waals surface area contributed by atoms with Crippen LogP contribution in [0.3, 0.4) is 0 Å². The summed E-state index contributed by atoms with van der Waals surface area (Å²) in [7, 11) is 1.80. The third-order valence-corrected chi connectivity index (χ3v) is 4.74. The number of aromatic nitrogens is 5. The fourth-order valence-corrected chi connectivity index (χ4v) is 3.45. The van der Waals surface area contributed by atoms with Crippen LogP contribution in [0, 0.1) is 5.82 Å². The van der Waals surface area contributed by atoms with E-state index in [4.69, 9.17) is 0 Å². The molecule has 0 spiro atoms. The molecule has 25 heavy (non-hydrogen) atoms. The van der Waals surface area contributed by atoms with Gasteiger partial charge in [-0.15, -0.1) is 16.4 Å². The largest absolute Gasteiger partial charge is 0.241 e. The van der Waals surface area contributed by atoms with Gasteiger partial charge < -0.3 is 0 Å². The third-order valence-electron chi connectivity index (χ3n) is 3.89. The molecule has 7 heteroatoms. The number of aryl methyl sites for hydroxylation is 1. The molecule has 0 fully saturated rings. The highest BCUT2D eigenvalue weighted by Crippen LogP contribution is 2.27. The van der Waals surface area contributed by atoms with Gasteiger partial charge in [0.1, 0.15) is 5.82 Å². The molecular weight excluding hydrogens is 337 g/mol. The number of thiazole rings is 1. The smallest absolute Gasteiger partial charge is 0.181 e. The van der Waals surface area contributed by atoms with Gasteiger partial charge >= 0.3 is 0 Å². The molecule has 0 atom stereocenters. The highest BCUT2D eigenvalue weighted by molar-refractivity contribution is 7.10. The van der Waals surface area contributed by atoms with Crippen LogP contribution in [0.2, 0.25) is 0 Å². The van der Waals surface area contributed by atoms with E-state index in [9.17, 15) is 4.39 Å². The topological polar surface area (TPSA) is 56.5 Å². The van der Waals surface area contributed by atoms with Crippen LogP contribution in [0.1, 0.15) is 10.6 Å². The Morgan fingerprint density at radius 2 is 1.92 bits per heavy atom. The maximum atomic E-state index is 13.8. The molecular formula is C18H14FN5S. The molecule has 0 saturated carbocycles. The summed E-state index contributed by atoms with van der Waals surface area (Å²) >= 11 is 1.53. The number of benzene rings is 2. The Balaban J connectivity index is 1.62. The fraction of sp³-hybridized carbons (Fsp3) is 0.111. The Labute approximate surface area is 147 Å². The van der Waals surface area contributed by atoms with Crippen molar-refractivity contribution >= 4 is 11.3 Å². The van der Waals surface area contributed by atoms with Crippen LogP contribution in [0.5, 0.6) is 0 Å². The van der Waals surface area contributed by atoms with Crippen molar-refractivity contribution in [3.05, 3.63) is 70.3 Å². The molecule has 0 aliphatic rings. The predicted molar refractivity (Wildman–Crippen MR) is 94.5 cm³/mol. The molecule has 0 aliphatic carbocycles. The zero-order chi connectivity index (χ0) is 17.2. The lowest BCUT2D eigenvalue weighted by Gasteiger charge is -2.02. The highest BCUT2D eigenvalue weighted by Gasteiger charge is 2.11. The SMILES string of the molecule is Cn1nnnc1-c1cccc(-c2csc(Cc3ccccc3F)n2)c1. The highest BCUT2D eigenvalue weighted by atomic mass is 32.1. The first-order chi connectivity index (χ1) is 12.2. The minimum absolute atomic E-state index is 0.198. The van der Waals surface area contributed by atoms with E-state index in [0.29, 0.717) is 17.8 Å². The van der Waals surface area contributed by atoms with Crippen molar-refractivity contribution in [1.82, 2.24) is 25.2 Å². The molecule has 4 rings (SSSR count). The maximum absolute atomic E-state index is 13.8. The van der Waals surface area contributed by atoms with Crippen molar-refractivity contribution in [1.29, 1.82) is 0 Å². The fourth-order valence-electron chi connectivity index (χ4n) is 2.62. The van der Waals surface area contributed by atoms with Crippen molar-refractivity contribution in [2.24, 2.45) is 7.05 Å². The Bertz CT molecular complexity index is 1020. The average molecular weight is 351 g/mol. The number of halogens is 1. The van der Waals surface area contributed by atoms with Crippen LogP contribution in [0.4, 0.5) is 4.39 Å². The zero-order valence-electron chi connectivity index (χ0n) is 13.4. The molecule has 2 heterocycles. The summed E-state index contributed by atoms with van der Waals surface area (Å²) in [5, 5.41) is 14.4. The van der Waals surface area contributed by atoms with Crippen LogP contribution in [0.25, 0.3) is 22.6 Å². The van der Waals surface area contributed by atoms with E-state index in [1.807, 2.05) is 35.7 Å². The second kappa shape index (κ2) is 6.52. The first-order valence-corrected chi connectivity index (χ1v) is 8.59. The lowest BCUT2D eigenvalue weighted by atomic mass is 10.1. The van der Waals surface area contributed by atoms with E-state index >= 15 is 0 Å². The van der Waals surface area contributed by atoms with Crippen molar-refractivity contribution in [2.75, 3.05) is 0 Å². The standard InChI is InChI=1S/C18H14FN5S/c1-24-18(21-22-23-24)14-7-4-6-13(9-14)16-11-25-17(20-16)10-12-5-2-3-8-15(12)19/h2-9,11H,10H2,1H3. The summed E-state index contributed by atoms with van der Waals surface area (Å²) in [6.07, 6.45) is 0.490. The van der Waals surface area contributed by atoms with Gasteiger partial charge in [-0.3, -0.25) is 0 Å². The summed E-state index contributed by atoms with van der Waals surface area (Å²) in [5.74, 6) is 0.500. The van der Waals surface area contributed by atoms with Gasteiger partial charge in [-0.25, -0.2) is 14.1 Å². The lowest BCUT2D eigenvalue weighted by molar-refractivity contribution is 0.614. The number of tetrazole rings is 1. The van der Waals surface area contributed by atoms with E-state index in [2.05, 4.69) is 20.5 Å². The normalized spacial score (nSPS) is 11.0. The summed E-state index contributed by atoms with van der Waals surface area (Å²) in [4.78, 5) is 4.66. The molecule has 124 valence electrons. The molecule has 0 amide bonds. The lowest BCUT2D eigenvalue weighted by Crippen LogP contribution is -1.95. The molecule has 2 aromatic carbocycles. The summed E-state index contributed by atoms with van der Waals surface area (Å²) in [5.41, 5.74) is 3.43. The molecule has 0 bridgehead atoms. The Hall–Kier alpha value is -2.93. The van der Waals surface area contributed by atoms with Crippen molar-refractivity contribution in [3.8, 4) is 22.6 Å². The molecule has 4 aromatic rings. The number of hydrogen-bond acceptors (Lipinski definition) is 5. The predicted octanol–water partition coefficient (Wildman–Crippen LogP) is 3.73. The molecule has 2 aromatic heterocycles. The van der Waals surface area contributed by atoms with Crippen molar-refractivity contribution in [2.45, 2.75) is 6.42 Å². The van der Waals surface area contributed by atoms with Gasteiger partial charge in [0.05, 0.1) is 10.7 Å². The van der Waals surface area contributed by atoms with E-state index in [1.165, 1.54) is 17.4 Å². The number of hydrogen-bond donors (Lipinski definition) is 0. The van der Waals surface area contributed by atoms with E-state index in [1.54, 1.807) is 23.9 Å². The van der Waals surface area contributed by atoms with Crippen LogP contribution >= 0.6 is 11.3 Å². The summed E-state index contributed by atoms with van der Waals surface area (Å²) < 4.78 is 15.4. The van der Waals surface area contributed by atoms with Gasteiger partial charge in [0, 0.05) is 30.0 Å². The van der Waals surface area contributed by atoms with E-state index in [0.717, 1.165) is 21.8 Å². The molecule has 0 unspecified atom stereocenters. The van der Waals surface area contributed by atoms with Crippen LogP contribution in [-0.4, -0.2) is 25.2 Å². The van der Waals surface area contributed by atoms with Gasteiger partial charge in [-0.2, -0.15) is 0 Å². The first kappa shape index (κ1) is 15.6. The van der Waals surface area contributed by atoms with E-state index < -0.39 is 0 Å². The molecule has 0 saturated heterocycles. The maximum Gasteiger partial charge on any atom is 0.181 e. The second-order valence-corrected chi connectivity index (χ2v) is 6.54. The van der Waals surface area contributed by atoms with Crippen molar-refractivity contribution < 1.29 is 4.39 Å². The van der Waals surface area contributed by atoms with Gasteiger partial charge in [0.25, 0.3) is 0 Å². The first-order valence-electron chi connectivity index (χ1n) is 7.71. The van der Waals surface area contributed by atoms with Crippen LogP contribution in [-0.2, 0) is 13.5 Å². The number of nitrogens with zero attached hydrogens (tertiary/aromatic N) is 5. The van der Waals surface area contributed by atoms with Gasteiger partial charge in [-0.1, -0.05) is 36.4 Å². The molecule has 5 nitrogen and oxygen atoms in total. The monoisotopic (exact) mass is 351 g/mol. The van der Waals surface area contributed by atoms with Gasteiger partial charge in [0.2, 0.25) is 0 Å². The summed E-state index contributed by atoms with van der Waals surface area (Å²) in [6, 6.07) is 14.7. The minimum Gasteiger partial charge on any atom is -0.241 e. The average Bonchev–Trinajstić information content (AvgIpc) is 3.26. The minimum atomic E-state index is -0.198. The molecule has 0 aliphatic heterocycles. The zero-order valence-corrected chi connectivity index (χ0v) is 14.2. The Morgan fingerprint density at radius 3 is 2.72 bits per heavy atom. The van der Waals surface area contributed by atoms with Gasteiger partial charge in [-0.05, 0) is 28.1 Å². The van der Waals surface area contributed by atoms with Gasteiger partial charge in [0.15, 0.2) is 5.82 Å².